The van der Waals surface area contributed by atoms with Crippen molar-refractivity contribution in [1.82, 2.24) is 10.2 Å². The van der Waals surface area contributed by atoms with Crippen LogP contribution in [0.15, 0.2) is 70.2 Å². The zero-order valence-electron chi connectivity index (χ0n) is 14.6. The Morgan fingerprint density at radius 1 is 1.04 bits per heavy atom. The molecule has 3 aromatic rings. The first-order valence-corrected chi connectivity index (χ1v) is 10.2. The highest BCUT2D eigenvalue weighted by Crippen LogP contribution is 2.23. The van der Waals surface area contributed by atoms with Crippen LogP contribution in [-0.2, 0) is 0 Å². The second-order valence-electron chi connectivity index (χ2n) is 6.26. The normalized spacial score (nSPS) is 10.9. The van der Waals surface area contributed by atoms with Gasteiger partial charge in [-0.3, -0.25) is 4.79 Å². The van der Waals surface area contributed by atoms with E-state index in [0.29, 0.717) is 11.7 Å². The van der Waals surface area contributed by atoms with Crippen LogP contribution in [0.3, 0.4) is 0 Å². The lowest BCUT2D eigenvalue weighted by molar-refractivity contribution is 0.102. The maximum absolute atomic E-state index is 12.4. The number of hydrogen-bond donors (Lipinski definition) is 0. The van der Waals surface area contributed by atoms with Gasteiger partial charge >= 0.3 is 0 Å². The monoisotopic (exact) mass is 426 g/mol. The van der Waals surface area contributed by atoms with Gasteiger partial charge in [-0.2, -0.15) is 0 Å². The lowest BCUT2D eigenvalue weighted by Crippen LogP contribution is -2.03. The number of carbonyl (C=O) groups excluding carboxylic acids is 1. The molecule has 132 valence electrons. The van der Waals surface area contributed by atoms with Gasteiger partial charge in [-0.15, -0.1) is 10.2 Å². The maximum atomic E-state index is 12.4. The van der Waals surface area contributed by atoms with Gasteiger partial charge in [0.1, 0.15) is 5.03 Å². The molecule has 0 radical (unpaired) electrons. The summed E-state index contributed by atoms with van der Waals surface area (Å²) in [7, 11) is 0. The first-order valence-electron chi connectivity index (χ1n) is 8.38. The summed E-state index contributed by atoms with van der Waals surface area (Å²) in [5.41, 5.74) is 3.79. The summed E-state index contributed by atoms with van der Waals surface area (Å²) in [6, 6.07) is 19.6. The van der Waals surface area contributed by atoms with Crippen LogP contribution in [0.5, 0.6) is 0 Å². The molecule has 0 fully saturated rings. The summed E-state index contributed by atoms with van der Waals surface area (Å²) in [5, 5.41) is 9.25. The second kappa shape index (κ2) is 8.60. The fraction of sp³-hybridized carbons (Fsp3) is 0.190. The van der Waals surface area contributed by atoms with E-state index in [1.54, 1.807) is 0 Å². The standard InChI is InChI=1S/C21H19BrN2OS/c1-14(2)15-6-8-16(9-7-15)20(25)13-26-21-11-10-19(23-24-21)17-4-3-5-18(22)12-17/h3-12,14H,13H2,1-2H3. The van der Waals surface area contributed by atoms with Gasteiger partial charge in [0, 0.05) is 15.6 Å². The molecule has 0 aliphatic heterocycles. The molecule has 0 aliphatic rings. The highest BCUT2D eigenvalue weighted by Gasteiger charge is 2.09. The number of thioether (sulfide) groups is 1. The van der Waals surface area contributed by atoms with Crippen molar-refractivity contribution in [3.05, 3.63) is 76.3 Å². The molecule has 0 N–H and O–H groups in total. The number of carbonyl (C=O) groups is 1. The van der Waals surface area contributed by atoms with Gasteiger partial charge in [-0.1, -0.05) is 77.9 Å². The van der Waals surface area contributed by atoms with Crippen LogP contribution in [0, 0.1) is 0 Å². The zero-order chi connectivity index (χ0) is 18.5. The number of benzene rings is 2. The third-order valence-corrected chi connectivity index (χ3v) is 5.42. The molecular weight excluding hydrogens is 408 g/mol. The molecule has 0 aliphatic carbocycles. The summed E-state index contributed by atoms with van der Waals surface area (Å²) in [5.74, 6) is 0.919. The molecule has 0 saturated carbocycles. The highest BCUT2D eigenvalue weighted by atomic mass is 79.9. The van der Waals surface area contributed by atoms with Crippen LogP contribution in [0.2, 0.25) is 0 Å². The first-order chi connectivity index (χ1) is 12.5. The van der Waals surface area contributed by atoms with Gasteiger partial charge in [0.25, 0.3) is 0 Å². The molecule has 1 heterocycles. The number of nitrogens with zero attached hydrogens (tertiary/aromatic N) is 2. The van der Waals surface area contributed by atoms with E-state index < -0.39 is 0 Å². The Hall–Kier alpha value is -1.98. The zero-order valence-corrected chi connectivity index (χ0v) is 17.0. The molecule has 0 atom stereocenters. The van der Waals surface area contributed by atoms with E-state index in [-0.39, 0.29) is 5.78 Å². The number of aromatic nitrogens is 2. The average molecular weight is 427 g/mol. The molecule has 26 heavy (non-hydrogen) atoms. The molecule has 1 aromatic heterocycles. The Bertz CT molecular complexity index is 893. The van der Waals surface area contributed by atoms with E-state index >= 15 is 0 Å². The number of Topliss-reactive ketones (excluding diaryl/α,β-unsaturated/α-hetero) is 1. The quantitative estimate of drug-likeness (QED) is 0.357. The largest absolute Gasteiger partial charge is 0.293 e. The first kappa shape index (κ1) is 18.8. The van der Waals surface area contributed by atoms with Crippen LogP contribution in [-0.4, -0.2) is 21.7 Å². The van der Waals surface area contributed by atoms with Gasteiger partial charge in [0.15, 0.2) is 5.78 Å². The topological polar surface area (TPSA) is 42.9 Å². The van der Waals surface area contributed by atoms with E-state index in [0.717, 1.165) is 26.3 Å². The van der Waals surface area contributed by atoms with Gasteiger partial charge in [0.2, 0.25) is 0 Å². The van der Waals surface area contributed by atoms with E-state index in [4.69, 9.17) is 0 Å². The molecule has 3 rings (SSSR count). The Morgan fingerprint density at radius 2 is 1.81 bits per heavy atom. The van der Waals surface area contributed by atoms with Gasteiger partial charge < -0.3 is 0 Å². The van der Waals surface area contributed by atoms with Gasteiger partial charge in [-0.05, 0) is 35.7 Å². The molecule has 0 bridgehead atoms. The van der Waals surface area contributed by atoms with Gasteiger partial charge in [-0.25, -0.2) is 0 Å². The van der Waals surface area contributed by atoms with Crippen LogP contribution < -0.4 is 0 Å². The molecule has 0 amide bonds. The van der Waals surface area contributed by atoms with Crippen molar-refractivity contribution in [2.75, 3.05) is 5.75 Å². The van der Waals surface area contributed by atoms with Crippen molar-refractivity contribution >= 4 is 33.5 Å². The summed E-state index contributed by atoms with van der Waals surface area (Å²) < 4.78 is 1.00. The molecule has 0 saturated heterocycles. The summed E-state index contributed by atoms with van der Waals surface area (Å²) in [6.07, 6.45) is 0. The molecular formula is C21H19BrN2OS. The third-order valence-electron chi connectivity index (χ3n) is 4.01. The van der Waals surface area contributed by atoms with Crippen molar-refractivity contribution in [1.29, 1.82) is 0 Å². The lowest BCUT2D eigenvalue weighted by atomic mass is 10.0. The SMILES string of the molecule is CC(C)c1ccc(C(=O)CSc2ccc(-c3cccc(Br)c3)nn2)cc1. The molecule has 0 spiro atoms. The molecule has 5 heteroatoms. The number of halogens is 1. The van der Waals surface area contributed by atoms with Crippen molar-refractivity contribution in [3.63, 3.8) is 0 Å². The maximum Gasteiger partial charge on any atom is 0.173 e. The minimum Gasteiger partial charge on any atom is -0.293 e. The van der Waals surface area contributed by atoms with Crippen LogP contribution >= 0.6 is 27.7 Å². The average Bonchev–Trinajstić information content (AvgIpc) is 2.66. The number of hydrogen-bond acceptors (Lipinski definition) is 4. The van der Waals surface area contributed by atoms with E-state index in [1.807, 2.05) is 60.7 Å². The Kier molecular flexibility index (Phi) is 6.22. The number of ketones is 1. The highest BCUT2D eigenvalue weighted by molar-refractivity contribution is 9.10. The third kappa shape index (κ3) is 4.80. The molecule has 0 unspecified atom stereocenters. The van der Waals surface area contributed by atoms with Crippen molar-refractivity contribution < 1.29 is 4.79 Å². The molecule has 3 nitrogen and oxygen atoms in total. The fourth-order valence-electron chi connectivity index (χ4n) is 2.48. The number of rotatable bonds is 6. The lowest BCUT2D eigenvalue weighted by Gasteiger charge is -2.06. The van der Waals surface area contributed by atoms with E-state index in [9.17, 15) is 4.79 Å². The Labute approximate surface area is 166 Å². The van der Waals surface area contributed by atoms with E-state index in [1.165, 1.54) is 17.3 Å². The minimum atomic E-state index is 0.100. The Morgan fingerprint density at radius 3 is 2.42 bits per heavy atom. The van der Waals surface area contributed by atoms with Crippen LogP contribution in [0.1, 0.15) is 35.7 Å². The molecule has 2 aromatic carbocycles. The van der Waals surface area contributed by atoms with Crippen molar-refractivity contribution in [2.24, 2.45) is 0 Å². The van der Waals surface area contributed by atoms with Crippen LogP contribution in [0.4, 0.5) is 0 Å². The van der Waals surface area contributed by atoms with E-state index in [2.05, 4.69) is 40.0 Å². The second-order valence-corrected chi connectivity index (χ2v) is 8.17. The summed E-state index contributed by atoms with van der Waals surface area (Å²) in [6.45, 7) is 4.28. The summed E-state index contributed by atoms with van der Waals surface area (Å²) in [4.78, 5) is 12.4. The summed E-state index contributed by atoms with van der Waals surface area (Å²) >= 11 is 4.87. The Balaban J connectivity index is 1.61. The predicted molar refractivity (Wildman–Crippen MR) is 111 cm³/mol. The fourth-order valence-corrected chi connectivity index (χ4v) is 3.58. The van der Waals surface area contributed by atoms with Crippen molar-refractivity contribution in [3.8, 4) is 11.3 Å². The smallest absolute Gasteiger partial charge is 0.173 e. The van der Waals surface area contributed by atoms with Crippen LogP contribution in [0.25, 0.3) is 11.3 Å². The predicted octanol–water partition coefficient (Wildman–Crippen LogP) is 6.00. The van der Waals surface area contributed by atoms with Crippen molar-refractivity contribution in [2.45, 2.75) is 24.8 Å². The van der Waals surface area contributed by atoms with Gasteiger partial charge in [0.05, 0.1) is 11.4 Å². The minimum absolute atomic E-state index is 0.100.